The van der Waals surface area contributed by atoms with Crippen LogP contribution in [0.3, 0.4) is 0 Å². The minimum atomic E-state index is -0.715. The number of nitrogens with zero attached hydrogens (tertiary/aromatic N) is 2. The first kappa shape index (κ1) is 12.6. The number of hydrogen-bond acceptors (Lipinski definition) is 4. The molecular weight excluding hydrogens is 234 g/mol. The smallest absolute Gasteiger partial charge is 0.244 e. The van der Waals surface area contributed by atoms with E-state index in [2.05, 4.69) is 6.07 Å². The van der Waals surface area contributed by atoms with Crippen molar-refractivity contribution in [2.24, 2.45) is 5.73 Å². The summed E-state index contributed by atoms with van der Waals surface area (Å²) in [5, 5.41) is 9.01. The van der Waals surface area contributed by atoms with Crippen LogP contribution in [0, 0.1) is 11.3 Å². The largest absolute Gasteiger partial charge is 0.317 e. The Kier molecular flexibility index (Phi) is 3.54. The van der Waals surface area contributed by atoms with Crippen molar-refractivity contribution < 1.29 is 4.79 Å². The summed E-state index contributed by atoms with van der Waals surface area (Å²) in [6, 6.07) is 1.89. The molecule has 0 aromatic carbocycles. The lowest BCUT2D eigenvalue weighted by Crippen LogP contribution is -2.49. The van der Waals surface area contributed by atoms with Crippen molar-refractivity contribution in [1.29, 1.82) is 5.26 Å². The van der Waals surface area contributed by atoms with Crippen LogP contribution in [0.5, 0.6) is 0 Å². The van der Waals surface area contributed by atoms with Crippen LogP contribution >= 0.6 is 24.2 Å². The number of hydrogen-bond donors (Lipinski definition) is 1. The Bertz CT molecular complexity index is 319. The monoisotopic (exact) mass is 247 g/mol. The van der Waals surface area contributed by atoms with Gasteiger partial charge in [0.25, 0.3) is 0 Å². The van der Waals surface area contributed by atoms with Crippen LogP contribution in [0.4, 0.5) is 0 Å². The van der Waals surface area contributed by atoms with Crippen LogP contribution < -0.4 is 5.73 Å². The van der Waals surface area contributed by atoms with E-state index in [0.29, 0.717) is 12.8 Å². The van der Waals surface area contributed by atoms with Crippen LogP contribution in [0.2, 0.25) is 0 Å². The lowest BCUT2D eigenvalue weighted by atomic mass is 9.96. The standard InChI is InChI=1S/C9H13N3OS.ClH/c1-2-9(11)3-7-12(8(9)13)6(4-10)5-14-7;/h6-7H,2-3,5,11H2,1H3;1H/t6-,7+,9-;/m1./s1. The second-order valence-electron chi connectivity index (χ2n) is 3.86. The maximum Gasteiger partial charge on any atom is 0.244 e. The fraction of sp³-hybridized carbons (Fsp3) is 0.778. The second-order valence-corrected chi connectivity index (χ2v) is 5.07. The Labute approximate surface area is 99.6 Å². The van der Waals surface area contributed by atoms with Crippen molar-refractivity contribution >= 4 is 30.1 Å². The van der Waals surface area contributed by atoms with Crippen molar-refractivity contribution in [3.8, 4) is 6.07 Å². The van der Waals surface area contributed by atoms with Gasteiger partial charge in [0.1, 0.15) is 6.04 Å². The first-order valence-corrected chi connectivity index (χ1v) is 5.80. The Hall–Kier alpha value is -0.440. The van der Waals surface area contributed by atoms with Gasteiger partial charge in [0, 0.05) is 12.2 Å². The summed E-state index contributed by atoms with van der Waals surface area (Å²) in [5.41, 5.74) is 5.28. The van der Waals surface area contributed by atoms with Crippen molar-refractivity contribution in [3.05, 3.63) is 0 Å². The molecule has 3 atom stereocenters. The fourth-order valence-electron chi connectivity index (χ4n) is 2.04. The molecule has 1 amide bonds. The van der Waals surface area contributed by atoms with E-state index in [1.54, 1.807) is 16.7 Å². The zero-order valence-electron chi connectivity index (χ0n) is 8.47. The molecule has 6 heteroatoms. The number of carbonyl (C=O) groups excluding carboxylic acids is 1. The molecule has 15 heavy (non-hydrogen) atoms. The van der Waals surface area contributed by atoms with Gasteiger partial charge in [-0.3, -0.25) is 4.79 Å². The van der Waals surface area contributed by atoms with E-state index in [4.69, 9.17) is 11.0 Å². The highest BCUT2D eigenvalue weighted by molar-refractivity contribution is 8.00. The number of nitrogens with two attached hydrogens (primary N) is 1. The SMILES string of the molecule is CC[C@@]1(N)C[C@@H]2SC[C@@H](C#N)N2C1=O.Cl. The van der Waals surface area contributed by atoms with Crippen molar-refractivity contribution in [3.63, 3.8) is 0 Å². The van der Waals surface area contributed by atoms with Gasteiger partial charge in [-0.1, -0.05) is 6.92 Å². The molecular formula is C9H14ClN3OS. The number of rotatable bonds is 1. The van der Waals surface area contributed by atoms with E-state index in [-0.39, 0.29) is 29.7 Å². The van der Waals surface area contributed by atoms with Crippen LogP contribution in [0.1, 0.15) is 19.8 Å². The van der Waals surface area contributed by atoms with Gasteiger partial charge in [-0.05, 0) is 6.42 Å². The number of nitriles is 1. The van der Waals surface area contributed by atoms with Crippen LogP contribution in [-0.2, 0) is 4.79 Å². The Morgan fingerprint density at radius 2 is 2.47 bits per heavy atom. The van der Waals surface area contributed by atoms with Crippen molar-refractivity contribution in [1.82, 2.24) is 4.90 Å². The average Bonchev–Trinajstić information content (AvgIpc) is 2.68. The van der Waals surface area contributed by atoms with Gasteiger partial charge < -0.3 is 10.6 Å². The van der Waals surface area contributed by atoms with E-state index in [0.717, 1.165) is 5.75 Å². The molecule has 2 saturated heterocycles. The van der Waals surface area contributed by atoms with Crippen LogP contribution in [0.15, 0.2) is 0 Å². The minimum absolute atomic E-state index is 0. The number of thioether (sulfide) groups is 1. The summed E-state index contributed by atoms with van der Waals surface area (Å²) in [6.07, 6.45) is 1.34. The molecule has 2 rings (SSSR count). The van der Waals surface area contributed by atoms with E-state index in [1.165, 1.54) is 0 Å². The van der Waals surface area contributed by atoms with Crippen molar-refractivity contribution in [2.45, 2.75) is 36.7 Å². The summed E-state index contributed by atoms with van der Waals surface area (Å²) in [7, 11) is 0. The molecule has 4 nitrogen and oxygen atoms in total. The molecule has 2 aliphatic heterocycles. The molecule has 0 spiro atoms. The second kappa shape index (κ2) is 4.20. The lowest BCUT2D eigenvalue weighted by Gasteiger charge is -2.22. The summed E-state index contributed by atoms with van der Waals surface area (Å²) >= 11 is 1.67. The third kappa shape index (κ3) is 1.71. The molecule has 84 valence electrons. The zero-order valence-corrected chi connectivity index (χ0v) is 10.1. The Balaban J connectivity index is 0.00000112. The molecule has 0 saturated carbocycles. The molecule has 0 bridgehead atoms. The van der Waals surface area contributed by atoms with Crippen LogP contribution in [-0.4, -0.2) is 33.5 Å². The molecule has 0 aromatic heterocycles. The van der Waals surface area contributed by atoms with Crippen LogP contribution in [0.25, 0.3) is 0 Å². The van der Waals surface area contributed by atoms with Gasteiger partial charge in [0.2, 0.25) is 5.91 Å². The van der Waals surface area contributed by atoms with Gasteiger partial charge in [-0.15, -0.1) is 24.2 Å². The number of fused-ring (bicyclic) bond motifs is 1. The summed E-state index contributed by atoms with van der Waals surface area (Å²) in [4.78, 5) is 13.6. The van der Waals surface area contributed by atoms with Gasteiger partial charge in [0.15, 0.2) is 0 Å². The average molecular weight is 248 g/mol. The van der Waals surface area contributed by atoms with Gasteiger partial charge >= 0.3 is 0 Å². The fourth-order valence-corrected chi connectivity index (χ4v) is 3.50. The molecule has 2 fully saturated rings. The van der Waals surface area contributed by atoms with E-state index < -0.39 is 5.54 Å². The Morgan fingerprint density at radius 1 is 1.80 bits per heavy atom. The predicted molar refractivity (Wildman–Crippen MR) is 61.6 cm³/mol. The highest BCUT2D eigenvalue weighted by Gasteiger charge is 2.53. The maximum atomic E-state index is 11.9. The number of carbonyl (C=O) groups is 1. The third-order valence-electron chi connectivity index (χ3n) is 3.07. The maximum absolute atomic E-state index is 11.9. The quantitative estimate of drug-likeness (QED) is 0.741. The summed E-state index contributed by atoms with van der Waals surface area (Å²) in [5.74, 6) is 0.689. The molecule has 2 heterocycles. The topological polar surface area (TPSA) is 70.1 Å². The van der Waals surface area contributed by atoms with E-state index in [1.807, 2.05) is 6.92 Å². The molecule has 0 aliphatic carbocycles. The van der Waals surface area contributed by atoms with Gasteiger partial charge in [0.05, 0.1) is 17.0 Å². The van der Waals surface area contributed by atoms with E-state index in [9.17, 15) is 4.79 Å². The first-order valence-electron chi connectivity index (χ1n) is 4.75. The minimum Gasteiger partial charge on any atom is -0.317 e. The number of amides is 1. The van der Waals surface area contributed by atoms with Gasteiger partial charge in [-0.2, -0.15) is 5.26 Å². The molecule has 2 aliphatic rings. The first-order chi connectivity index (χ1) is 6.62. The lowest BCUT2D eigenvalue weighted by molar-refractivity contribution is -0.133. The molecule has 0 radical (unpaired) electrons. The van der Waals surface area contributed by atoms with Gasteiger partial charge in [-0.25, -0.2) is 0 Å². The zero-order chi connectivity index (χ0) is 10.3. The van der Waals surface area contributed by atoms with Crippen molar-refractivity contribution in [2.75, 3.05) is 5.75 Å². The normalized spacial score (nSPS) is 38.5. The summed E-state index contributed by atoms with van der Waals surface area (Å²) < 4.78 is 0. The molecule has 0 unspecified atom stereocenters. The number of halogens is 1. The summed E-state index contributed by atoms with van der Waals surface area (Å²) in [6.45, 7) is 1.92. The predicted octanol–water partition coefficient (Wildman–Crippen LogP) is 0.713. The molecule has 0 aromatic rings. The molecule has 2 N–H and O–H groups in total. The Morgan fingerprint density at radius 3 is 3.00 bits per heavy atom. The van der Waals surface area contributed by atoms with E-state index >= 15 is 0 Å². The highest BCUT2D eigenvalue weighted by atomic mass is 35.5. The highest BCUT2D eigenvalue weighted by Crippen LogP contribution is 2.41. The third-order valence-corrected chi connectivity index (χ3v) is 4.36.